The van der Waals surface area contributed by atoms with E-state index in [4.69, 9.17) is 0 Å². The third-order valence-corrected chi connectivity index (χ3v) is 7.62. The molecule has 2 saturated heterocycles. The van der Waals surface area contributed by atoms with E-state index < -0.39 is 17.4 Å². The lowest BCUT2D eigenvalue weighted by Crippen LogP contribution is -2.54. The molecule has 3 amide bonds. The standard InChI is InChI=1S/C21H25N3O3S/c1-28-11-10-15-16-17(19(26)24(18(16)25)12-6-2-3-7-12)21(23-15)13-8-4-5-9-14(13)22-20(21)27/h4-5,8-9,12,15-17,23H,2-3,6-7,10-11H2,1H3,(H,22,27)/t15-,16+,17-,21+/m0/s1. The smallest absolute Gasteiger partial charge is 0.250 e. The van der Waals surface area contributed by atoms with Crippen LogP contribution in [0.4, 0.5) is 5.69 Å². The minimum absolute atomic E-state index is 0.00329. The number of nitrogens with one attached hydrogen (secondary N) is 2. The second kappa shape index (κ2) is 6.59. The number of fused-ring (bicyclic) bond motifs is 4. The summed E-state index contributed by atoms with van der Waals surface area (Å²) >= 11 is 1.72. The van der Waals surface area contributed by atoms with Crippen molar-refractivity contribution in [1.29, 1.82) is 0 Å². The van der Waals surface area contributed by atoms with Gasteiger partial charge < -0.3 is 5.32 Å². The molecule has 4 aliphatic rings. The highest BCUT2D eigenvalue weighted by Crippen LogP contribution is 2.54. The third-order valence-electron chi connectivity index (χ3n) is 6.98. The number of amides is 3. The Balaban J connectivity index is 1.61. The van der Waals surface area contributed by atoms with Gasteiger partial charge >= 0.3 is 0 Å². The van der Waals surface area contributed by atoms with Crippen molar-refractivity contribution >= 4 is 35.2 Å². The fraction of sp³-hybridized carbons (Fsp3) is 0.571. The molecule has 0 bridgehead atoms. The van der Waals surface area contributed by atoms with Crippen molar-refractivity contribution in [1.82, 2.24) is 10.2 Å². The normalized spacial score (nSPS) is 34.4. The number of hydrogen-bond acceptors (Lipinski definition) is 5. The van der Waals surface area contributed by atoms with Gasteiger partial charge in [0, 0.05) is 23.3 Å². The van der Waals surface area contributed by atoms with E-state index in [2.05, 4.69) is 10.6 Å². The molecule has 3 heterocycles. The number of benzene rings is 1. The van der Waals surface area contributed by atoms with E-state index in [1.54, 1.807) is 11.8 Å². The van der Waals surface area contributed by atoms with Crippen molar-refractivity contribution in [2.45, 2.75) is 49.7 Å². The predicted molar refractivity (Wildman–Crippen MR) is 108 cm³/mol. The number of carbonyl (C=O) groups excluding carboxylic acids is 3. The molecule has 6 nitrogen and oxygen atoms in total. The quantitative estimate of drug-likeness (QED) is 0.758. The highest BCUT2D eigenvalue weighted by molar-refractivity contribution is 7.98. The zero-order valence-electron chi connectivity index (χ0n) is 15.9. The average Bonchev–Trinajstić information content (AvgIpc) is 3.42. The zero-order valence-corrected chi connectivity index (χ0v) is 16.8. The van der Waals surface area contributed by atoms with Gasteiger partial charge in [-0.15, -0.1) is 0 Å². The van der Waals surface area contributed by atoms with Crippen LogP contribution in [0.1, 0.15) is 37.7 Å². The maximum Gasteiger partial charge on any atom is 0.250 e. The number of thioether (sulfide) groups is 1. The lowest BCUT2D eigenvalue weighted by molar-refractivity contribution is -0.145. The summed E-state index contributed by atoms with van der Waals surface area (Å²) in [6, 6.07) is 7.37. The Kier molecular flexibility index (Phi) is 4.28. The summed E-state index contributed by atoms with van der Waals surface area (Å²) in [4.78, 5) is 41.8. The highest BCUT2D eigenvalue weighted by Gasteiger charge is 2.70. The Hall–Kier alpha value is -1.86. The number of hydrogen-bond donors (Lipinski definition) is 2. The first-order chi connectivity index (χ1) is 13.6. The van der Waals surface area contributed by atoms with Gasteiger partial charge in [0.2, 0.25) is 17.7 Å². The summed E-state index contributed by atoms with van der Waals surface area (Å²) in [5.74, 6) is -0.675. The number of rotatable bonds is 4. The molecule has 1 aromatic rings. The van der Waals surface area contributed by atoms with Gasteiger partial charge in [-0.3, -0.25) is 24.6 Å². The topological polar surface area (TPSA) is 78.5 Å². The summed E-state index contributed by atoms with van der Waals surface area (Å²) in [5.41, 5.74) is 0.407. The summed E-state index contributed by atoms with van der Waals surface area (Å²) in [6.45, 7) is 0. The summed E-state index contributed by atoms with van der Waals surface area (Å²) < 4.78 is 0. The Labute approximate surface area is 168 Å². The van der Waals surface area contributed by atoms with Crippen LogP contribution in [-0.2, 0) is 19.9 Å². The molecule has 0 aromatic heterocycles. The van der Waals surface area contributed by atoms with Gasteiger partial charge in [0.15, 0.2) is 0 Å². The minimum atomic E-state index is -1.13. The van der Waals surface area contributed by atoms with Crippen LogP contribution >= 0.6 is 11.8 Å². The van der Waals surface area contributed by atoms with Gasteiger partial charge in [0.25, 0.3) is 0 Å². The van der Waals surface area contributed by atoms with Gasteiger partial charge in [-0.2, -0.15) is 11.8 Å². The monoisotopic (exact) mass is 399 g/mol. The predicted octanol–water partition coefficient (Wildman–Crippen LogP) is 2.10. The molecule has 148 valence electrons. The second-order valence-electron chi connectivity index (χ2n) is 8.33. The maximum absolute atomic E-state index is 13.6. The Morgan fingerprint density at radius 1 is 1.14 bits per heavy atom. The molecule has 2 N–H and O–H groups in total. The molecule has 3 fully saturated rings. The second-order valence-corrected chi connectivity index (χ2v) is 9.31. The molecule has 7 heteroatoms. The van der Waals surface area contributed by atoms with Crippen LogP contribution in [0.2, 0.25) is 0 Å². The lowest BCUT2D eigenvalue weighted by atomic mass is 9.76. The van der Waals surface area contributed by atoms with Crippen molar-refractivity contribution in [3.05, 3.63) is 29.8 Å². The van der Waals surface area contributed by atoms with Crippen LogP contribution in [0.15, 0.2) is 24.3 Å². The first-order valence-electron chi connectivity index (χ1n) is 10.1. The molecule has 3 aliphatic heterocycles. The molecule has 0 radical (unpaired) electrons. The minimum Gasteiger partial charge on any atom is -0.324 e. The largest absolute Gasteiger partial charge is 0.324 e. The van der Waals surface area contributed by atoms with E-state index in [-0.39, 0.29) is 29.8 Å². The Bertz CT molecular complexity index is 853. The van der Waals surface area contributed by atoms with Crippen LogP contribution < -0.4 is 10.6 Å². The third kappa shape index (κ3) is 2.29. The van der Waals surface area contributed by atoms with Gasteiger partial charge in [-0.05, 0) is 37.3 Å². The van der Waals surface area contributed by atoms with E-state index in [9.17, 15) is 14.4 Å². The van der Waals surface area contributed by atoms with E-state index >= 15 is 0 Å². The van der Waals surface area contributed by atoms with Gasteiger partial charge in [-0.25, -0.2) is 0 Å². The number of anilines is 1. The maximum atomic E-state index is 13.6. The molecular formula is C21H25N3O3S. The Morgan fingerprint density at radius 2 is 1.89 bits per heavy atom. The molecule has 28 heavy (non-hydrogen) atoms. The fourth-order valence-corrected chi connectivity index (χ4v) is 6.29. The molecular weight excluding hydrogens is 374 g/mol. The fourth-order valence-electron chi connectivity index (χ4n) is 5.80. The van der Waals surface area contributed by atoms with Crippen molar-refractivity contribution in [3.8, 4) is 0 Å². The van der Waals surface area contributed by atoms with Crippen molar-refractivity contribution in [2.75, 3.05) is 17.3 Å². The van der Waals surface area contributed by atoms with Crippen LogP contribution in [0.3, 0.4) is 0 Å². The molecule has 1 aromatic carbocycles. The first kappa shape index (κ1) is 18.2. The molecule has 4 atom stereocenters. The van der Waals surface area contributed by atoms with Gasteiger partial charge in [0.05, 0.1) is 11.8 Å². The summed E-state index contributed by atoms with van der Waals surface area (Å²) in [6.07, 6.45) is 6.67. The van der Waals surface area contributed by atoms with Crippen molar-refractivity contribution in [2.24, 2.45) is 11.8 Å². The van der Waals surface area contributed by atoms with Gasteiger partial charge in [0.1, 0.15) is 5.54 Å². The SMILES string of the molecule is CSCC[C@@H]1N[C@@]2(C(=O)Nc3ccccc32)[C@@H]2C(=O)N(C3CCCC3)C(=O)[C@H]12. The van der Waals surface area contributed by atoms with Crippen molar-refractivity contribution in [3.63, 3.8) is 0 Å². The number of likely N-dealkylation sites (tertiary alicyclic amines) is 1. The highest BCUT2D eigenvalue weighted by atomic mass is 32.2. The van der Waals surface area contributed by atoms with Crippen molar-refractivity contribution < 1.29 is 14.4 Å². The van der Waals surface area contributed by atoms with Crippen LogP contribution in [0, 0.1) is 11.8 Å². The summed E-state index contributed by atoms with van der Waals surface area (Å²) in [7, 11) is 0. The average molecular weight is 400 g/mol. The first-order valence-corrected chi connectivity index (χ1v) is 11.5. The van der Waals surface area contributed by atoms with E-state index in [1.807, 2.05) is 30.5 Å². The van der Waals surface area contributed by atoms with Crippen LogP contribution in [-0.4, -0.2) is 46.7 Å². The van der Waals surface area contributed by atoms with Crippen LogP contribution in [0.25, 0.3) is 0 Å². The number of para-hydroxylation sites is 1. The molecule has 0 unspecified atom stereocenters. The molecule has 1 saturated carbocycles. The van der Waals surface area contributed by atoms with E-state index in [1.165, 1.54) is 4.90 Å². The number of imide groups is 1. The number of nitrogens with zero attached hydrogens (tertiary/aromatic N) is 1. The van der Waals surface area contributed by atoms with E-state index in [0.29, 0.717) is 0 Å². The Morgan fingerprint density at radius 3 is 2.64 bits per heavy atom. The van der Waals surface area contributed by atoms with Gasteiger partial charge in [-0.1, -0.05) is 31.0 Å². The molecule has 1 spiro atoms. The lowest BCUT2D eigenvalue weighted by Gasteiger charge is -2.31. The summed E-state index contributed by atoms with van der Waals surface area (Å²) in [5, 5.41) is 6.44. The van der Waals surface area contributed by atoms with Crippen LogP contribution in [0.5, 0.6) is 0 Å². The molecule has 1 aliphatic carbocycles. The van der Waals surface area contributed by atoms with E-state index in [0.717, 1.165) is 49.1 Å². The molecule has 5 rings (SSSR count). The zero-order chi connectivity index (χ0) is 19.5. The number of carbonyl (C=O) groups is 3.